The number of phosphoric acid groups is 1. The summed E-state index contributed by atoms with van der Waals surface area (Å²) in [6.07, 6.45) is -0.550. The fraction of sp³-hybridized carbons (Fsp3) is 0.333. The second-order valence-electron chi connectivity index (χ2n) is 2.25. The molecular formula is C6H9O4PS. The van der Waals surface area contributed by atoms with Crippen LogP contribution in [0.15, 0.2) is 17.5 Å². The molecule has 12 heavy (non-hydrogen) atoms. The van der Waals surface area contributed by atoms with Crippen molar-refractivity contribution >= 4 is 19.2 Å². The minimum atomic E-state index is -4.36. The molecule has 1 heterocycles. The molecule has 0 saturated heterocycles. The summed E-state index contributed by atoms with van der Waals surface area (Å²) in [6.45, 7) is 1.60. The summed E-state index contributed by atoms with van der Waals surface area (Å²) in [5, 5.41) is 1.83. The molecule has 1 rings (SSSR count). The van der Waals surface area contributed by atoms with Gasteiger partial charge in [0.25, 0.3) is 0 Å². The van der Waals surface area contributed by atoms with Crippen LogP contribution in [0.25, 0.3) is 0 Å². The van der Waals surface area contributed by atoms with Crippen LogP contribution in [0.1, 0.15) is 17.9 Å². The van der Waals surface area contributed by atoms with Crippen LogP contribution in [-0.2, 0) is 9.09 Å². The van der Waals surface area contributed by atoms with Crippen molar-refractivity contribution in [3.05, 3.63) is 22.4 Å². The van der Waals surface area contributed by atoms with E-state index in [0.29, 0.717) is 0 Å². The molecule has 0 aliphatic rings. The number of rotatable bonds is 3. The maximum atomic E-state index is 10.4. The molecule has 0 saturated carbocycles. The third-order valence-corrected chi connectivity index (χ3v) is 2.86. The summed E-state index contributed by atoms with van der Waals surface area (Å²) in [4.78, 5) is 17.8. The van der Waals surface area contributed by atoms with E-state index in [0.717, 1.165) is 4.88 Å². The van der Waals surface area contributed by atoms with Gasteiger partial charge >= 0.3 is 7.82 Å². The van der Waals surface area contributed by atoms with Crippen LogP contribution in [0.5, 0.6) is 0 Å². The largest absolute Gasteiger partial charge is 0.470 e. The molecule has 0 fully saturated rings. The van der Waals surface area contributed by atoms with E-state index >= 15 is 0 Å². The molecular weight excluding hydrogens is 199 g/mol. The van der Waals surface area contributed by atoms with Crippen molar-refractivity contribution in [3.8, 4) is 0 Å². The summed E-state index contributed by atoms with van der Waals surface area (Å²) in [6, 6.07) is 3.57. The van der Waals surface area contributed by atoms with Crippen molar-refractivity contribution in [1.82, 2.24) is 0 Å². The zero-order valence-electron chi connectivity index (χ0n) is 6.38. The van der Waals surface area contributed by atoms with Gasteiger partial charge in [0.2, 0.25) is 0 Å². The van der Waals surface area contributed by atoms with Gasteiger partial charge in [0, 0.05) is 4.88 Å². The molecule has 1 aromatic rings. The Balaban J connectivity index is 2.62. The van der Waals surface area contributed by atoms with Crippen LogP contribution in [0, 0.1) is 0 Å². The second-order valence-corrected chi connectivity index (χ2v) is 4.42. The van der Waals surface area contributed by atoms with E-state index in [1.807, 2.05) is 5.38 Å². The minimum absolute atomic E-state index is 0.550. The SMILES string of the molecule is CC(OP(=O)(O)O)c1cccs1. The van der Waals surface area contributed by atoms with Gasteiger partial charge in [0.1, 0.15) is 6.10 Å². The second kappa shape index (κ2) is 3.68. The highest BCUT2D eigenvalue weighted by Gasteiger charge is 2.20. The maximum Gasteiger partial charge on any atom is 0.470 e. The number of hydrogen-bond donors (Lipinski definition) is 2. The zero-order valence-corrected chi connectivity index (χ0v) is 8.09. The van der Waals surface area contributed by atoms with Crippen LogP contribution in [0.4, 0.5) is 0 Å². The molecule has 6 heteroatoms. The van der Waals surface area contributed by atoms with Crippen molar-refractivity contribution < 1.29 is 18.9 Å². The van der Waals surface area contributed by atoms with E-state index in [1.165, 1.54) is 11.3 Å². The van der Waals surface area contributed by atoms with Crippen LogP contribution in [0.3, 0.4) is 0 Å². The first kappa shape index (κ1) is 9.89. The smallest absolute Gasteiger partial charge is 0.303 e. The summed E-state index contributed by atoms with van der Waals surface area (Å²) < 4.78 is 14.9. The highest BCUT2D eigenvalue weighted by molar-refractivity contribution is 7.46. The lowest BCUT2D eigenvalue weighted by molar-refractivity contribution is 0.148. The summed E-state index contributed by atoms with van der Waals surface area (Å²) in [5.41, 5.74) is 0. The summed E-state index contributed by atoms with van der Waals surface area (Å²) in [5.74, 6) is 0. The third-order valence-electron chi connectivity index (χ3n) is 1.24. The Morgan fingerprint density at radius 3 is 2.75 bits per heavy atom. The van der Waals surface area contributed by atoms with Gasteiger partial charge in [-0.3, -0.25) is 4.52 Å². The lowest BCUT2D eigenvalue weighted by Gasteiger charge is -2.10. The van der Waals surface area contributed by atoms with E-state index in [-0.39, 0.29) is 0 Å². The molecule has 4 nitrogen and oxygen atoms in total. The van der Waals surface area contributed by atoms with Gasteiger partial charge in [-0.15, -0.1) is 11.3 Å². The molecule has 0 bridgehead atoms. The predicted molar refractivity (Wildman–Crippen MR) is 45.9 cm³/mol. The number of thiophene rings is 1. The van der Waals surface area contributed by atoms with Crippen LogP contribution in [0.2, 0.25) is 0 Å². The maximum absolute atomic E-state index is 10.4. The Labute approximate surface area is 74.1 Å². The quantitative estimate of drug-likeness (QED) is 0.744. The molecule has 0 aromatic carbocycles. The van der Waals surface area contributed by atoms with Crippen LogP contribution in [-0.4, -0.2) is 9.79 Å². The van der Waals surface area contributed by atoms with Gasteiger partial charge in [-0.05, 0) is 18.4 Å². The number of hydrogen-bond acceptors (Lipinski definition) is 3. The van der Waals surface area contributed by atoms with E-state index in [1.54, 1.807) is 19.1 Å². The first-order valence-corrected chi connectivity index (χ1v) is 5.67. The molecule has 1 unspecified atom stereocenters. The average molecular weight is 208 g/mol. The van der Waals surface area contributed by atoms with E-state index in [4.69, 9.17) is 9.79 Å². The normalized spacial score (nSPS) is 14.6. The topological polar surface area (TPSA) is 66.8 Å². The summed E-state index contributed by atoms with van der Waals surface area (Å²) >= 11 is 1.40. The zero-order chi connectivity index (χ0) is 9.19. The minimum Gasteiger partial charge on any atom is -0.303 e. The van der Waals surface area contributed by atoms with Gasteiger partial charge in [-0.25, -0.2) is 4.57 Å². The lowest BCUT2D eigenvalue weighted by Crippen LogP contribution is -1.94. The average Bonchev–Trinajstić information content (AvgIpc) is 2.32. The first-order chi connectivity index (χ1) is 5.49. The Morgan fingerprint density at radius 2 is 2.33 bits per heavy atom. The Hall–Kier alpha value is -0.190. The van der Waals surface area contributed by atoms with Crippen molar-refractivity contribution in [2.45, 2.75) is 13.0 Å². The fourth-order valence-electron chi connectivity index (χ4n) is 0.781. The van der Waals surface area contributed by atoms with Gasteiger partial charge in [0.05, 0.1) is 0 Å². The van der Waals surface area contributed by atoms with Crippen molar-refractivity contribution in [2.75, 3.05) is 0 Å². The monoisotopic (exact) mass is 208 g/mol. The molecule has 0 spiro atoms. The Morgan fingerprint density at radius 1 is 1.67 bits per heavy atom. The predicted octanol–water partition coefficient (Wildman–Crippen LogP) is 1.92. The highest BCUT2D eigenvalue weighted by atomic mass is 32.1. The van der Waals surface area contributed by atoms with Crippen LogP contribution < -0.4 is 0 Å². The summed E-state index contributed by atoms with van der Waals surface area (Å²) in [7, 11) is -4.36. The molecule has 0 aliphatic carbocycles. The van der Waals surface area contributed by atoms with Crippen molar-refractivity contribution in [3.63, 3.8) is 0 Å². The molecule has 2 N–H and O–H groups in total. The van der Waals surface area contributed by atoms with E-state index in [2.05, 4.69) is 4.52 Å². The first-order valence-electron chi connectivity index (χ1n) is 3.26. The molecule has 1 aromatic heterocycles. The van der Waals surface area contributed by atoms with Gasteiger partial charge in [0.15, 0.2) is 0 Å². The van der Waals surface area contributed by atoms with Gasteiger partial charge in [-0.1, -0.05) is 6.07 Å². The highest BCUT2D eigenvalue weighted by Crippen LogP contribution is 2.42. The fourth-order valence-corrected chi connectivity index (χ4v) is 2.09. The Bertz CT molecular complexity index is 278. The molecule has 0 aliphatic heterocycles. The van der Waals surface area contributed by atoms with E-state index < -0.39 is 13.9 Å². The Kier molecular flexibility index (Phi) is 3.04. The lowest BCUT2D eigenvalue weighted by atomic mass is 10.3. The third kappa shape index (κ3) is 3.05. The standard InChI is InChI=1S/C6H9O4PS/c1-5(10-11(7,8)9)6-3-2-4-12-6/h2-5H,1H3,(H2,7,8,9). The molecule has 0 amide bonds. The van der Waals surface area contributed by atoms with Crippen molar-refractivity contribution in [1.29, 1.82) is 0 Å². The molecule has 68 valence electrons. The van der Waals surface area contributed by atoms with E-state index in [9.17, 15) is 4.57 Å². The number of phosphoric ester groups is 1. The van der Waals surface area contributed by atoms with Crippen molar-refractivity contribution in [2.24, 2.45) is 0 Å². The molecule has 1 atom stereocenters. The van der Waals surface area contributed by atoms with Crippen LogP contribution >= 0.6 is 19.2 Å². The van der Waals surface area contributed by atoms with Gasteiger partial charge in [-0.2, -0.15) is 0 Å². The van der Waals surface area contributed by atoms with Gasteiger partial charge < -0.3 is 9.79 Å². The molecule has 0 radical (unpaired) electrons.